The summed E-state index contributed by atoms with van der Waals surface area (Å²) in [6.07, 6.45) is 1.30. The van der Waals surface area contributed by atoms with Gasteiger partial charge in [-0.3, -0.25) is 9.59 Å². The van der Waals surface area contributed by atoms with Crippen LogP contribution >= 0.6 is 0 Å². The number of fused-ring (bicyclic) bond motifs is 1. The van der Waals surface area contributed by atoms with E-state index in [1.807, 2.05) is 30.3 Å². The van der Waals surface area contributed by atoms with E-state index in [0.717, 1.165) is 12.0 Å². The Labute approximate surface area is 175 Å². The number of hydrogen-bond acceptors (Lipinski definition) is 5. The van der Waals surface area contributed by atoms with Crippen LogP contribution in [0.1, 0.15) is 24.0 Å². The molecule has 0 unspecified atom stereocenters. The highest BCUT2D eigenvalue weighted by Gasteiger charge is 2.39. The van der Waals surface area contributed by atoms with Crippen molar-refractivity contribution in [2.75, 3.05) is 13.1 Å². The lowest BCUT2D eigenvalue weighted by Crippen LogP contribution is -2.48. The van der Waals surface area contributed by atoms with Gasteiger partial charge in [0.2, 0.25) is 11.8 Å². The van der Waals surface area contributed by atoms with Crippen molar-refractivity contribution in [1.29, 1.82) is 0 Å². The van der Waals surface area contributed by atoms with Gasteiger partial charge in [-0.05, 0) is 30.5 Å². The van der Waals surface area contributed by atoms with Crippen LogP contribution in [0, 0.1) is 0 Å². The monoisotopic (exact) mass is 426 g/mol. The van der Waals surface area contributed by atoms with Crippen LogP contribution in [-0.4, -0.2) is 50.1 Å². The molecule has 1 fully saturated rings. The van der Waals surface area contributed by atoms with E-state index >= 15 is 0 Å². The summed E-state index contributed by atoms with van der Waals surface area (Å²) in [6.45, 7) is 0.773. The molecule has 0 aromatic heterocycles. The molecule has 0 aliphatic carbocycles. The van der Waals surface area contributed by atoms with Crippen LogP contribution in [0.3, 0.4) is 0 Å². The van der Waals surface area contributed by atoms with E-state index in [4.69, 9.17) is 0 Å². The first-order chi connectivity index (χ1) is 14.5. The molecule has 0 bridgehead atoms. The second-order valence-electron chi connectivity index (χ2n) is 7.22. The number of rotatable bonds is 5. The fourth-order valence-corrected chi connectivity index (χ4v) is 4.95. The maximum atomic E-state index is 12.7. The Kier molecular flexibility index (Phi) is 5.54. The largest absolute Gasteiger partial charge is 0.350 e. The lowest BCUT2D eigenvalue weighted by atomic mass is 10.1. The third kappa shape index (κ3) is 4.06. The normalized spacial score (nSPS) is 19.1. The molecule has 8 nitrogen and oxygen atoms in total. The van der Waals surface area contributed by atoms with Gasteiger partial charge in [-0.25, -0.2) is 0 Å². The minimum atomic E-state index is -3.75. The minimum Gasteiger partial charge on any atom is -0.350 e. The van der Waals surface area contributed by atoms with Gasteiger partial charge in [0.1, 0.15) is 10.9 Å². The van der Waals surface area contributed by atoms with Gasteiger partial charge in [-0.1, -0.05) is 42.5 Å². The van der Waals surface area contributed by atoms with Crippen molar-refractivity contribution >= 4 is 27.7 Å². The number of benzene rings is 2. The second kappa shape index (κ2) is 8.27. The van der Waals surface area contributed by atoms with Gasteiger partial charge in [0.25, 0.3) is 10.0 Å². The number of amides is 2. The van der Waals surface area contributed by atoms with E-state index in [0.29, 0.717) is 30.9 Å². The van der Waals surface area contributed by atoms with Gasteiger partial charge in [-0.15, -0.1) is 4.40 Å². The second-order valence-corrected chi connectivity index (χ2v) is 8.79. The lowest BCUT2D eigenvalue weighted by Gasteiger charge is -2.25. The third-order valence-corrected chi connectivity index (χ3v) is 6.52. The lowest BCUT2D eigenvalue weighted by molar-refractivity contribution is -0.128. The Morgan fingerprint density at radius 1 is 1.03 bits per heavy atom. The van der Waals surface area contributed by atoms with Crippen LogP contribution in [0.4, 0.5) is 0 Å². The SMILES string of the molecule is O=C(CNC(=O)[C@@H]1CCCN1C1=NS(=O)(=O)c2ccccc21)NCc1ccccc1. The molecule has 4 rings (SSSR count). The zero-order valence-electron chi connectivity index (χ0n) is 16.2. The number of carbonyl (C=O) groups excluding carboxylic acids is 2. The third-order valence-electron chi connectivity index (χ3n) is 5.20. The molecular formula is C21H22N4O4S. The highest BCUT2D eigenvalue weighted by Crippen LogP contribution is 2.31. The molecule has 2 N–H and O–H groups in total. The Balaban J connectivity index is 1.38. The number of likely N-dealkylation sites (tertiary alicyclic amines) is 1. The van der Waals surface area contributed by atoms with E-state index in [1.54, 1.807) is 23.1 Å². The maximum absolute atomic E-state index is 12.7. The van der Waals surface area contributed by atoms with Crippen LogP contribution in [0.2, 0.25) is 0 Å². The molecule has 9 heteroatoms. The average Bonchev–Trinajstić information content (AvgIpc) is 3.34. The first kappa shape index (κ1) is 20.1. The van der Waals surface area contributed by atoms with Crippen molar-refractivity contribution in [1.82, 2.24) is 15.5 Å². The van der Waals surface area contributed by atoms with Gasteiger partial charge in [-0.2, -0.15) is 8.42 Å². The predicted octanol–water partition coefficient (Wildman–Crippen LogP) is 1.03. The van der Waals surface area contributed by atoms with E-state index in [2.05, 4.69) is 15.0 Å². The number of amidine groups is 1. The Hall–Kier alpha value is -3.20. The predicted molar refractivity (Wildman–Crippen MR) is 111 cm³/mol. The molecule has 2 amide bonds. The molecule has 2 aromatic rings. The molecule has 2 aliphatic heterocycles. The Morgan fingerprint density at radius 3 is 2.57 bits per heavy atom. The average molecular weight is 426 g/mol. The van der Waals surface area contributed by atoms with E-state index in [1.165, 1.54) is 6.07 Å². The van der Waals surface area contributed by atoms with E-state index in [9.17, 15) is 18.0 Å². The highest BCUT2D eigenvalue weighted by molar-refractivity contribution is 7.90. The molecule has 0 spiro atoms. The maximum Gasteiger partial charge on any atom is 0.285 e. The van der Waals surface area contributed by atoms with Gasteiger partial charge in [0, 0.05) is 18.7 Å². The summed E-state index contributed by atoms with van der Waals surface area (Å²) in [5, 5.41) is 5.43. The highest BCUT2D eigenvalue weighted by atomic mass is 32.2. The Bertz CT molecular complexity index is 1100. The van der Waals surface area contributed by atoms with Gasteiger partial charge < -0.3 is 15.5 Å². The smallest absolute Gasteiger partial charge is 0.285 e. The zero-order chi connectivity index (χ0) is 21.1. The molecule has 1 atom stereocenters. The molecule has 2 aliphatic rings. The standard InChI is InChI=1S/C21H22N4O4S/c26-19(22-13-15-7-2-1-3-8-15)14-23-21(27)17-10-6-12-25(17)20-16-9-4-5-11-18(16)30(28,29)24-20/h1-5,7-9,11,17H,6,10,12-14H2,(H,22,26)(H,23,27)/t17-/m0/s1. The molecule has 156 valence electrons. The van der Waals surface area contributed by atoms with Crippen LogP contribution in [-0.2, 0) is 26.2 Å². The summed E-state index contributed by atoms with van der Waals surface area (Å²) in [7, 11) is -3.75. The molecule has 0 radical (unpaired) electrons. The van der Waals surface area contributed by atoms with Crippen LogP contribution < -0.4 is 10.6 Å². The van der Waals surface area contributed by atoms with Gasteiger partial charge >= 0.3 is 0 Å². The number of nitrogens with one attached hydrogen (secondary N) is 2. The summed E-state index contributed by atoms with van der Waals surface area (Å²) in [6, 6.07) is 15.5. The summed E-state index contributed by atoms with van der Waals surface area (Å²) in [5.74, 6) is -0.300. The number of sulfonamides is 1. The van der Waals surface area contributed by atoms with Gasteiger partial charge in [0.15, 0.2) is 5.84 Å². The fourth-order valence-electron chi connectivity index (χ4n) is 3.73. The summed E-state index contributed by atoms with van der Waals surface area (Å²) >= 11 is 0. The van der Waals surface area contributed by atoms with Crippen LogP contribution in [0.15, 0.2) is 63.9 Å². The van der Waals surface area contributed by atoms with Crippen molar-refractivity contribution in [3.8, 4) is 0 Å². The summed E-state index contributed by atoms with van der Waals surface area (Å²) < 4.78 is 28.6. The quantitative estimate of drug-likeness (QED) is 0.743. The van der Waals surface area contributed by atoms with Crippen molar-refractivity contribution in [2.24, 2.45) is 4.40 Å². The number of hydrogen-bond donors (Lipinski definition) is 2. The molecule has 30 heavy (non-hydrogen) atoms. The van der Waals surface area contributed by atoms with E-state index < -0.39 is 16.1 Å². The van der Waals surface area contributed by atoms with Gasteiger partial charge in [0.05, 0.1) is 6.54 Å². The van der Waals surface area contributed by atoms with Crippen molar-refractivity contribution < 1.29 is 18.0 Å². The van der Waals surface area contributed by atoms with Crippen molar-refractivity contribution in [3.63, 3.8) is 0 Å². The molecule has 2 heterocycles. The van der Waals surface area contributed by atoms with Crippen molar-refractivity contribution in [3.05, 3.63) is 65.7 Å². The molecule has 0 saturated carbocycles. The first-order valence-corrected chi connectivity index (χ1v) is 11.2. The van der Waals surface area contributed by atoms with Crippen LogP contribution in [0.25, 0.3) is 0 Å². The summed E-state index contributed by atoms with van der Waals surface area (Å²) in [5.41, 5.74) is 1.48. The number of nitrogens with zero attached hydrogens (tertiary/aromatic N) is 2. The number of carbonyl (C=O) groups is 2. The molecule has 1 saturated heterocycles. The topological polar surface area (TPSA) is 108 Å². The fraction of sp³-hybridized carbons (Fsp3) is 0.286. The van der Waals surface area contributed by atoms with Crippen LogP contribution in [0.5, 0.6) is 0 Å². The minimum absolute atomic E-state index is 0.141. The first-order valence-electron chi connectivity index (χ1n) is 9.75. The zero-order valence-corrected chi connectivity index (χ0v) is 17.1. The molecular weight excluding hydrogens is 404 g/mol. The summed E-state index contributed by atoms with van der Waals surface area (Å²) in [4.78, 5) is 26.7. The van der Waals surface area contributed by atoms with E-state index in [-0.39, 0.29) is 23.3 Å². The molecule has 2 aromatic carbocycles. The van der Waals surface area contributed by atoms with Crippen molar-refractivity contribution in [2.45, 2.75) is 30.3 Å². The Morgan fingerprint density at radius 2 is 1.77 bits per heavy atom.